The first kappa shape index (κ1) is 24.1. The van der Waals surface area contributed by atoms with Crippen LogP contribution >= 0.6 is 0 Å². The maximum absolute atomic E-state index is 5.85. The van der Waals surface area contributed by atoms with Crippen LogP contribution < -0.4 is 4.74 Å². The van der Waals surface area contributed by atoms with E-state index in [2.05, 4.69) is 75.8 Å². The third-order valence-electron chi connectivity index (χ3n) is 7.29. The first-order valence-electron chi connectivity index (χ1n) is 12.8. The van der Waals surface area contributed by atoms with Crippen molar-refractivity contribution in [3.05, 3.63) is 54.1 Å². The van der Waals surface area contributed by atoms with Crippen molar-refractivity contribution in [2.75, 3.05) is 6.61 Å². The standard InChI is InChI=1S/C29H44OSi/c1-5-6-7-19-30-29-14-12-28(13-15-29)27-10-8-25(9-11-27)16-20-31(4)21-17-26(18-22-31)23-24(2)3/h8-15,24,26H,5-7,16-23H2,1-4H3. The van der Waals surface area contributed by atoms with Gasteiger partial charge in [-0.15, -0.1) is 0 Å². The summed E-state index contributed by atoms with van der Waals surface area (Å²) in [5.74, 6) is 2.86. The van der Waals surface area contributed by atoms with Gasteiger partial charge in [0.25, 0.3) is 0 Å². The van der Waals surface area contributed by atoms with Gasteiger partial charge in [0.05, 0.1) is 14.7 Å². The van der Waals surface area contributed by atoms with Crippen molar-refractivity contribution < 1.29 is 4.74 Å². The number of unbranched alkanes of at least 4 members (excludes halogenated alkanes) is 2. The Morgan fingerprint density at radius 3 is 2.10 bits per heavy atom. The van der Waals surface area contributed by atoms with Gasteiger partial charge in [-0.05, 0) is 59.9 Å². The molecule has 0 aliphatic carbocycles. The van der Waals surface area contributed by atoms with Crippen molar-refractivity contribution in [1.82, 2.24) is 0 Å². The average Bonchev–Trinajstić information content (AvgIpc) is 2.78. The third kappa shape index (κ3) is 7.82. The molecule has 2 heteroatoms. The van der Waals surface area contributed by atoms with Crippen LogP contribution in [-0.2, 0) is 6.42 Å². The van der Waals surface area contributed by atoms with Crippen LogP contribution in [0.5, 0.6) is 5.75 Å². The Morgan fingerprint density at radius 1 is 0.903 bits per heavy atom. The second-order valence-corrected chi connectivity index (χ2v) is 15.8. The molecule has 0 unspecified atom stereocenters. The van der Waals surface area contributed by atoms with Gasteiger partial charge in [-0.25, -0.2) is 0 Å². The molecule has 1 heterocycles. The minimum atomic E-state index is -1.03. The molecule has 0 spiro atoms. The molecule has 0 bridgehead atoms. The van der Waals surface area contributed by atoms with Gasteiger partial charge in [-0.3, -0.25) is 0 Å². The van der Waals surface area contributed by atoms with Gasteiger partial charge < -0.3 is 4.74 Å². The zero-order valence-electron chi connectivity index (χ0n) is 20.5. The molecule has 170 valence electrons. The molecular weight excluding hydrogens is 392 g/mol. The van der Waals surface area contributed by atoms with Crippen molar-refractivity contribution in [2.45, 2.75) is 90.4 Å². The summed E-state index contributed by atoms with van der Waals surface area (Å²) in [7, 11) is -1.03. The normalized spacial score (nSPS) is 21.4. The summed E-state index contributed by atoms with van der Waals surface area (Å²) in [5, 5.41) is 0. The Labute approximate surface area is 192 Å². The second kappa shape index (κ2) is 11.9. The van der Waals surface area contributed by atoms with Crippen LogP contribution in [0.1, 0.15) is 64.9 Å². The van der Waals surface area contributed by atoms with E-state index >= 15 is 0 Å². The summed E-state index contributed by atoms with van der Waals surface area (Å²) in [4.78, 5) is 0. The lowest BCUT2D eigenvalue weighted by molar-refractivity contribution is 0.306. The Morgan fingerprint density at radius 2 is 1.52 bits per heavy atom. The highest BCUT2D eigenvalue weighted by atomic mass is 28.3. The fourth-order valence-corrected chi connectivity index (χ4v) is 8.98. The monoisotopic (exact) mass is 436 g/mol. The number of ether oxygens (including phenoxy) is 1. The molecule has 2 aromatic carbocycles. The topological polar surface area (TPSA) is 9.23 Å². The van der Waals surface area contributed by atoms with Gasteiger partial charge in [-0.1, -0.05) is 108 Å². The van der Waals surface area contributed by atoms with E-state index in [9.17, 15) is 0 Å². The summed E-state index contributed by atoms with van der Waals surface area (Å²) in [6.45, 7) is 10.5. The smallest absolute Gasteiger partial charge is 0.119 e. The maximum Gasteiger partial charge on any atom is 0.119 e. The number of rotatable bonds is 11. The molecule has 0 N–H and O–H groups in total. The lowest BCUT2D eigenvalue weighted by Gasteiger charge is -2.36. The number of benzene rings is 2. The average molecular weight is 437 g/mol. The van der Waals surface area contributed by atoms with Crippen LogP contribution in [0.4, 0.5) is 0 Å². The molecule has 1 fully saturated rings. The predicted octanol–water partition coefficient (Wildman–Crippen LogP) is 9.00. The van der Waals surface area contributed by atoms with E-state index in [1.807, 2.05) is 0 Å². The molecule has 1 aliphatic heterocycles. The van der Waals surface area contributed by atoms with E-state index < -0.39 is 8.07 Å². The van der Waals surface area contributed by atoms with Gasteiger partial charge in [0.15, 0.2) is 0 Å². The van der Waals surface area contributed by atoms with Crippen LogP contribution in [-0.4, -0.2) is 14.7 Å². The van der Waals surface area contributed by atoms with Crippen LogP contribution in [0.15, 0.2) is 48.5 Å². The van der Waals surface area contributed by atoms with E-state index in [4.69, 9.17) is 4.74 Å². The van der Waals surface area contributed by atoms with Crippen molar-refractivity contribution in [1.29, 1.82) is 0 Å². The lowest BCUT2D eigenvalue weighted by Crippen LogP contribution is -2.35. The molecular formula is C29H44OSi. The number of hydrogen-bond acceptors (Lipinski definition) is 1. The molecule has 0 radical (unpaired) electrons. The molecule has 2 aromatic rings. The minimum absolute atomic E-state index is 0.822. The van der Waals surface area contributed by atoms with Crippen molar-refractivity contribution in [2.24, 2.45) is 11.8 Å². The van der Waals surface area contributed by atoms with Crippen LogP contribution in [0, 0.1) is 11.8 Å². The Balaban J connectivity index is 1.47. The summed E-state index contributed by atoms with van der Waals surface area (Å²) in [6, 6.07) is 22.5. The molecule has 1 nitrogen and oxygen atoms in total. The summed E-state index contributed by atoms with van der Waals surface area (Å²) >= 11 is 0. The highest BCUT2D eigenvalue weighted by Gasteiger charge is 2.32. The van der Waals surface area contributed by atoms with Crippen LogP contribution in [0.2, 0.25) is 24.7 Å². The fourth-order valence-electron chi connectivity index (χ4n) is 5.12. The van der Waals surface area contributed by atoms with Crippen molar-refractivity contribution in [3.8, 4) is 16.9 Å². The third-order valence-corrected chi connectivity index (χ3v) is 11.7. The van der Waals surface area contributed by atoms with Crippen LogP contribution in [0.25, 0.3) is 11.1 Å². The molecule has 3 rings (SSSR count). The first-order chi connectivity index (χ1) is 15.0. The quantitative estimate of drug-likeness (QED) is 0.252. The Bertz CT molecular complexity index is 754. The molecule has 1 aliphatic rings. The molecule has 0 amide bonds. The first-order valence-corrected chi connectivity index (χ1v) is 15.9. The minimum Gasteiger partial charge on any atom is -0.494 e. The molecule has 0 atom stereocenters. The van der Waals surface area contributed by atoms with E-state index in [-0.39, 0.29) is 0 Å². The second-order valence-electron chi connectivity index (χ2n) is 10.7. The molecule has 31 heavy (non-hydrogen) atoms. The lowest BCUT2D eigenvalue weighted by atomic mass is 9.92. The highest BCUT2D eigenvalue weighted by molar-refractivity contribution is 6.78. The zero-order valence-corrected chi connectivity index (χ0v) is 21.5. The summed E-state index contributed by atoms with van der Waals surface area (Å²) < 4.78 is 5.85. The molecule has 0 saturated carbocycles. The highest BCUT2D eigenvalue weighted by Crippen LogP contribution is 2.38. The van der Waals surface area contributed by atoms with E-state index in [0.717, 1.165) is 30.6 Å². The van der Waals surface area contributed by atoms with Gasteiger partial charge in [-0.2, -0.15) is 0 Å². The summed E-state index contributed by atoms with van der Waals surface area (Å²) in [6.07, 6.45) is 9.32. The van der Waals surface area contributed by atoms with Gasteiger partial charge in [0.1, 0.15) is 5.75 Å². The zero-order chi connectivity index (χ0) is 22.1. The Kier molecular flexibility index (Phi) is 9.25. The maximum atomic E-state index is 5.85. The Hall–Kier alpha value is -1.54. The van der Waals surface area contributed by atoms with Crippen molar-refractivity contribution >= 4 is 8.07 Å². The van der Waals surface area contributed by atoms with E-state index in [1.165, 1.54) is 61.3 Å². The van der Waals surface area contributed by atoms with Gasteiger partial charge in [0, 0.05) is 0 Å². The van der Waals surface area contributed by atoms with E-state index in [1.54, 1.807) is 12.1 Å². The van der Waals surface area contributed by atoms with Crippen molar-refractivity contribution in [3.63, 3.8) is 0 Å². The number of aryl methyl sites for hydroxylation is 1. The molecule has 0 aromatic heterocycles. The predicted molar refractivity (Wildman–Crippen MR) is 139 cm³/mol. The summed E-state index contributed by atoms with van der Waals surface area (Å²) in [5.41, 5.74) is 4.09. The largest absolute Gasteiger partial charge is 0.494 e. The fraction of sp³-hybridized carbons (Fsp3) is 0.586. The SMILES string of the molecule is CCCCCOc1ccc(-c2ccc(CC[Si]3(C)CCC(CC(C)C)CC3)cc2)cc1. The van der Waals surface area contributed by atoms with E-state index in [0.29, 0.717) is 0 Å². The number of hydrogen-bond donors (Lipinski definition) is 0. The van der Waals surface area contributed by atoms with Gasteiger partial charge >= 0.3 is 0 Å². The van der Waals surface area contributed by atoms with Crippen LogP contribution in [0.3, 0.4) is 0 Å². The van der Waals surface area contributed by atoms with Gasteiger partial charge in [0.2, 0.25) is 0 Å². The molecule has 1 saturated heterocycles.